The second-order valence-electron chi connectivity index (χ2n) is 5.98. The second kappa shape index (κ2) is 6.96. The predicted molar refractivity (Wildman–Crippen MR) is 97.7 cm³/mol. The highest BCUT2D eigenvalue weighted by Gasteiger charge is 2.38. The van der Waals surface area contributed by atoms with E-state index in [0.29, 0.717) is 5.75 Å². The van der Waals surface area contributed by atoms with Gasteiger partial charge in [0.15, 0.2) is 11.5 Å². The maximum atomic E-state index is 13.6. The smallest absolute Gasteiger partial charge is 0.422 e. The molecule has 4 rings (SSSR count). The van der Waals surface area contributed by atoms with Crippen LogP contribution in [-0.2, 0) is 6.18 Å². The minimum Gasteiger partial charge on any atom is -0.454 e. The van der Waals surface area contributed by atoms with E-state index in [1.165, 1.54) is 30.3 Å². The van der Waals surface area contributed by atoms with Gasteiger partial charge in [-0.15, -0.1) is 0 Å². The molecular weight excluding hydrogens is 416 g/mol. The Morgan fingerprint density at radius 3 is 2.52 bits per heavy atom. The third kappa shape index (κ3) is 3.70. The van der Waals surface area contributed by atoms with Gasteiger partial charge in [0, 0.05) is 11.3 Å². The van der Waals surface area contributed by atoms with Gasteiger partial charge >= 0.3 is 6.18 Å². The monoisotopic (exact) mass is 426 g/mol. The van der Waals surface area contributed by atoms with Crippen LogP contribution in [0.2, 0.25) is 5.02 Å². The molecule has 2 heterocycles. The molecule has 3 aromatic rings. The van der Waals surface area contributed by atoms with E-state index in [4.69, 9.17) is 26.8 Å². The number of aromatic nitrogens is 2. The Morgan fingerprint density at radius 1 is 1.03 bits per heavy atom. The summed E-state index contributed by atoms with van der Waals surface area (Å²) in [6.45, 7) is -0.0328. The SMILES string of the molecule is Nc1nc(Nc2ccc(F)c(Cl)c2)nc(-c2ccc3c(c2)OCO3)c1C(F)(F)F. The van der Waals surface area contributed by atoms with Crippen molar-refractivity contribution >= 4 is 29.1 Å². The molecule has 1 aliphatic heterocycles. The first-order chi connectivity index (χ1) is 13.7. The summed E-state index contributed by atoms with van der Waals surface area (Å²) in [6, 6.07) is 7.92. The van der Waals surface area contributed by atoms with Crippen molar-refractivity contribution in [1.29, 1.82) is 0 Å². The van der Waals surface area contributed by atoms with Gasteiger partial charge in [0.1, 0.15) is 17.2 Å². The summed E-state index contributed by atoms with van der Waals surface area (Å²) in [6.07, 6.45) is -4.80. The highest BCUT2D eigenvalue weighted by Crippen LogP contribution is 2.42. The van der Waals surface area contributed by atoms with Crippen molar-refractivity contribution in [3.63, 3.8) is 0 Å². The molecule has 6 nitrogen and oxygen atoms in total. The number of halogens is 5. The maximum absolute atomic E-state index is 13.6. The number of benzene rings is 2. The number of hydrogen-bond donors (Lipinski definition) is 2. The number of nitrogens with one attached hydrogen (secondary N) is 1. The fraction of sp³-hybridized carbons (Fsp3) is 0.111. The summed E-state index contributed by atoms with van der Waals surface area (Å²) in [4.78, 5) is 7.68. The van der Waals surface area contributed by atoms with Crippen LogP contribution < -0.4 is 20.5 Å². The highest BCUT2D eigenvalue weighted by molar-refractivity contribution is 6.31. The molecule has 0 bridgehead atoms. The fourth-order valence-corrected chi connectivity index (χ4v) is 2.95. The lowest BCUT2D eigenvalue weighted by atomic mass is 10.1. The average molecular weight is 427 g/mol. The van der Waals surface area contributed by atoms with E-state index < -0.39 is 29.1 Å². The predicted octanol–water partition coefficient (Wildman–Crippen LogP) is 5.01. The molecule has 1 aromatic heterocycles. The third-order valence-electron chi connectivity index (χ3n) is 4.04. The van der Waals surface area contributed by atoms with Crippen LogP contribution in [0.3, 0.4) is 0 Å². The minimum atomic E-state index is -4.80. The molecule has 0 atom stereocenters. The van der Waals surface area contributed by atoms with E-state index in [-0.39, 0.29) is 34.8 Å². The molecule has 0 amide bonds. The number of fused-ring (bicyclic) bond motifs is 1. The zero-order valence-corrected chi connectivity index (χ0v) is 15.1. The van der Waals surface area contributed by atoms with Crippen LogP contribution in [0.1, 0.15) is 5.56 Å². The van der Waals surface area contributed by atoms with Gasteiger partial charge in [-0.1, -0.05) is 11.6 Å². The largest absolute Gasteiger partial charge is 0.454 e. The highest BCUT2D eigenvalue weighted by atomic mass is 35.5. The molecule has 0 unspecified atom stereocenters. The van der Waals surface area contributed by atoms with E-state index >= 15 is 0 Å². The molecule has 0 radical (unpaired) electrons. The summed E-state index contributed by atoms with van der Waals surface area (Å²) >= 11 is 5.72. The van der Waals surface area contributed by atoms with Gasteiger partial charge < -0.3 is 20.5 Å². The number of nitrogen functional groups attached to an aromatic ring is 1. The number of nitrogens with zero attached hydrogens (tertiary/aromatic N) is 2. The van der Waals surface area contributed by atoms with Crippen LogP contribution in [0, 0.1) is 5.82 Å². The molecule has 150 valence electrons. The van der Waals surface area contributed by atoms with Gasteiger partial charge in [0.05, 0.1) is 10.7 Å². The quantitative estimate of drug-likeness (QED) is 0.573. The second-order valence-corrected chi connectivity index (χ2v) is 6.38. The number of anilines is 3. The minimum absolute atomic E-state index is 0.0328. The number of nitrogens with two attached hydrogens (primary N) is 1. The molecule has 0 aliphatic carbocycles. The van der Waals surface area contributed by atoms with Crippen molar-refractivity contribution in [2.24, 2.45) is 0 Å². The van der Waals surface area contributed by atoms with Crippen molar-refractivity contribution in [3.05, 3.63) is 52.8 Å². The average Bonchev–Trinajstić information content (AvgIpc) is 3.11. The van der Waals surface area contributed by atoms with Crippen LogP contribution in [-0.4, -0.2) is 16.8 Å². The molecule has 3 N–H and O–H groups in total. The normalized spacial score (nSPS) is 12.9. The summed E-state index contributed by atoms with van der Waals surface area (Å²) in [5.41, 5.74) is 4.36. The maximum Gasteiger partial charge on any atom is 0.422 e. The van der Waals surface area contributed by atoms with Crippen LogP contribution in [0.25, 0.3) is 11.3 Å². The van der Waals surface area contributed by atoms with Crippen LogP contribution in [0.5, 0.6) is 11.5 Å². The standard InChI is InChI=1S/C18H11ClF4N4O2/c19-10-6-9(2-3-11(10)20)25-17-26-15(14(16(24)27-17)18(21,22)23)8-1-4-12-13(5-8)29-7-28-12/h1-6H,7H2,(H3,24,25,26,27). The first kappa shape index (κ1) is 19.1. The zero-order valence-electron chi connectivity index (χ0n) is 14.3. The lowest BCUT2D eigenvalue weighted by Gasteiger charge is -2.16. The Morgan fingerprint density at radius 2 is 1.79 bits per heavy atom. The lowest BCUT2D eigenvalue weighted by molar-refractivity contribution is -0.136. The summed E-state index contributed by atoms with van der Waals surface area (Å²) in [5.74, 6) is -0.941. The van der Waals surface area contributed by atoms with Gasteiger partial charge in [0.25, 0.3) is 0 Å². The van der Waals surface area contributed by atoms with Crippen LogP contribution >= 0.6 is 11.6 Å². The molecular formula is C18H11ClF4N4O2. The van der Waals surface area contributed by atoms with E-state index in [9.17, 15) is 17.6 Å². The van der Waals surface area contributed by atoms with Gasteiger partial charge in [0.2, 0.25) is 12.7 Å². The Kier molecular flexibility index (Phi) is 4.58. The number of hydrogen-bond acceptors (Lipinski definition) is 6. The Labute approximate surface area is 166 Å². The summed E-state index contributed by atoms with van der Waals surface area (Å²) in [5, 5.41) is 2.50. The molecule has 0 fully saturated rings. The molecule has 11 heteroatoms. The molecule has 2 aromatic carbocycles. The number of alkyl halides is 3. The van der Waals surface area contributed by atoms with E-state index in [0.717, 1.165) is 6.07 Å². The van der Waals surface area contributed by atoms with Crippen molar-refractivity contribution in [2.45, 2.75) is 6.18 Å². The van der Waals surface area contributed by atoms with Crippen molar-refractivity contribution < 1.29 is 27.0 Å². The summed E-state index contributed by atoms with van der Waals surface area (Å²) < 4.78 is 64.6. The lowest BCUT2D eigenvalue weighted by Crippen LogP contribution is -2.15. The third-order valence-corrected chi connectivity index (χ3v) is 4.33. The van der Waals surface area contributed by atoms with Gasteiger partial charge in [-0.25, -0.2) is 9.37 Å². The molecule has 0 saturated heterocycles. The van der Waals surface area contributed by atoms with E-state index in [1.807, 2.05) is 0 Å². The van der Waals surface area contributed by atoms with Gasteiger partial charge in [-0.2, -0.15) is 18.2 Å². The Hall–Kier alpha value is -3.27. The molecule has 0 saturated carbocycles. The molecule has 1 aliphatic rings. The van der Waals surface area contributed by atoms with Crippen LogP contribution in [0.15, 0.2) is 36.4 Å². The Balaban J connectivity index is 1.82. The first-order valence-electron chi connectivity index (χ1n) is 8.09. The van der Waals surface area contributed by atoms with Gasteiger partial charge in [-0.05, 0) is 36.4 Å². The number of ether oxygens (including phenoxy) is 2. The van der Waals surface area contributed by atoms with E-state index in [1.54, 1.807) is 0 Å². The first-order valence-corrected chi connectivity index (χ1v) is 8.47. The summed E-state index contributed by atoms with van der Waals surface area (Å²) in [7, 11) is 0. The van der Waals surface area contributed by atoms with Crippen LogP contribution in [0.4, 0.5) is 35.0 Å². The van der Waals surface area contributed by atoms with Gasteiger partial charge in [-0.3, -0.25) is 0 Å². The van der Waals surface area contributed by atoms with Crippen molar-refractivity contribution in [2.75, 3.05) is 17.8 Å². The fourth-order valence-electron chi connectivity index (χ4n) is 2.77. The molecule has 29 heavy (non-hydrogen) atoms. The Bertz CT molecular complexity index is 1110. The zero-order chi connectivity index (χ0) is 20.8. The molecule has 0 spiro atoms. The van der Waals surface area contributed by atoms with E-state index in [2.05, 4.69) is 15.3 Å². The van der Waals surface area contributed by atoms with Crippen molar-refractivity contribution in [3.8, 4) is 22.8 Å². The number of rotatable bonds is 3. The van der Waals surface area contributed by atoms with Crippen molar-refractivity contribution in [1.82, 2.24) is 9.97 Å². The topological polar surface area (TPSA) is 82.3 Å².